The molecule has 2 amide bonds. The van der Waals surface area contributed by atoms with Gasteiger partial charge in [-0.2, -0.15) is 0 Å². The van der Waals surface area contributed by atoms with Crippen molar-refractivity contribution in [1.82, 2.24) is 15.5 Å². The van der Waals surface area contributed by atoms with Gasteiger partial charge in [-0.1, -0.05) is 30.3 Å². The van der Waals surface area contributed by atoms with Crippen molar-refractivity contribution in [2.75, 3.05) is 0 Å². The Morgan fingerprint density at radius 2 is 1.68 bits per heavy atom. The molecular formula is C16H24ClN3O2. The van der Waals surface area contributed by atoms with Crippen molar-refractivity contribution in [3.63, 3.8) is 0 Å². The molecule has 0 aliphatic heterocycles. The van der Waals surface area contributed by atoms with Crippen LogP contribution in [0.3, 0.4) is 0 Å². The Morgan fingerprint density at radius 3 is 2.23 bits per heavy atom. The van der Waals surface area contributed by atoms with Gasteiger partial charge in [0.1, 0.15) is 6.04 Å². The van der Waals surface area contributed by atoms with Crippen molar-refractivity contribution in [1.29, 1.82) is 0 Å². The van der Waals surface area contributed by atoms with E-state index in [1.165, 1.54) is 0 Å². The Balaban J connectivity index is 2.57. The third-order valence-corrected chi connectivity index (χ3v) is 3.59. The van der Waals surface area contributed by atoms with E-state index in [4.69, 9.17) is 11.8 Å². The van der Waals surface area contributed by atoms with Gasteiger partial charge in [-0.05, 0) is 51.5 Å². The van der Waals surface area contributed by atoms with Crippen molar-refractivity contribution >= 4 is 23.6 Å². The van der Waals surface area contributed by atoms with Crippen LogP contribution in [0.4, 0.5) is 0 Å². The summed E-state index contributed by atoms with van der Waals surface area (Å²) in [6.07, 6.45) is 0.708. The van der Waals surface area contributed by atoms with E-state index in [2.05, 4.69) is 15.5 Å². The minimum atomic E-state index is -0.630. The molecule has 122 valence electrons. The zero-order valence-electron chi connectivity index (χ0n) is 13.4. The predicted octanol–water partition coefficient (Wildman–Crippen LogP) is 1.76. The molecule has 0 bridgehead atoms. The van der Waals surface area contributed by atoms with Crippen molar-refractivity contribution in [3.8, 4) is 0 Å². The van der Waals surface area contributed by atoms with Crippen molar-refractivity contribution in [3.05, 3.63) is 35.9 Å². The van der Waals surface area contributed by atoms with E-state index in [-0.39, 0.29) is 11.8 Å². The second kappa shape index (κ2) is 8.15. The van der Waals surface area contributed by atoms with E-state index >= 15 is 0 Å². The first kappa shape index (κ1) is 18.5. The van der Waals surface area contributed by atoms with Crippen LogP contribution < -0.4 is 15.5 Å². The fraction of sp³-hybridized carbons (Fsp3) is 0.500. The van der Waals surface area contributed by atoms with Crippen LogP contribution in [0.25, 0.3) is 0 Å². The van der Waals surface area contributed by atoms with E-state index in [1.807, 2.05) is 44.2 Å². The van der Waals surface area contributed by atoms with Crippen molar-refractivity contribution < 1.29 is 9.59 Å². The molecule has 2 unspecified atom stereocenters. The van der Waals surface area contributed by atoms with Crippen LogP contribution in [0.1, 0.15) is 33.3 Å². The average Bonchev–Trinajstić information content (AvgIpc) is 2.46. The number of carbonyl (C=O) groups excluding carboxylic acids is 2. The van der Waals surface area contributed by atoms with Crippen LogP contribution in [0, 0.1) is 0 Å². The molecule has 0 aliphatic rings. The van der Waals surface area contributed by atoms with Crippen molar-refractivity contribution in [2.45, 2.75) is 51.7 Å². The summed E-state index contributed by atoms with van der Waals surface area (Å²) >= 11 is 5.40. The number of nitrogens with one attached hydrogen (secondary N) is 3. The molecule has 0 saturated heterocycles. The lowest BCUT2D eigenvalue weighted by molar-refractivity contribution is -0.130. The van der Waals surface area contributed by atoms with Crippen LogP contribution in [0.5, 0.6) is 0 Å². The highest BCUT2D eigenvalue weighted by atomic mass is 35.5. The van der Waals surface area contributed by atoms with Gasteiger partial charge in [0.05, 0.1) is 6.04 Å². The molecular weight excluding hydrogens is 302 g/mol. The first-order valence-corrected chi connectivity index (χ1v) is 7.65. The smallest absolute Gasteiger partial charge is 0.242 e. The first-order valence-electron chi connectivity index (χ1n) is 7.27. The SMILES string of the molecule is CC(NCl)C(=O)NC(C)C(=O)NC(C)(C)Cc1ccccc1. The number of hydrogen-bond donors (Lipinski definition) is 3. The Bertz CT molecular complexity index is 505. The minimum absolute atomic E-state index is 0.226. The Morgan fingerprint density at radius 1 is 1.09 bits per heavy atom. The topological polar surface area (TPSA) is 70.2 Å². The fourth-order valence-corrected chi connectivity index (χ4v) is 2.14. The van der Waals surface area contributed by atoms with Gasteiger partial charge in [-0.15, -0.1) is 0 Å². The lowest BCUT2D eigenvalue weighted by Gasteiger charge is -2.28. The van der Waals surface area contributed by atoms with E-state index in [9.17, 15) is 9.59 Å². The standard InChI is InChI=1S/C16H24ClN3O2/c1-11(18-14(21)12(2)20-17)15(22)19-16(3,4)10-13-8-6-5-7-9-13/h5-9,11-12,20H,10H2,1-4H3,(H,18,21)(H,19,22). The van der Waals surface area contributed by atoms with Gasteiger partial charge in [-0.3, -0.25) is 9.59 Å². The second-order valence-corrected chi connectivity index (χ2v) is 6.31. The van der Waals surface area contributed by atoms with E-state index in [0.717, 1.165) is 5.56 Å². The molecule has 0 aliphatic carbocycles. The van der Waals surface area contributed by atoms with Crippen LogP contribution in [-0.2, 0) is 16.0 Å². The molecule has 0 fully saturated rings. The van der Waals surface area contributed by atoms with Crippen LogP contribution in [0.15, 0.2) is 30.3 Å². The number of halogens is 1. The Kier molecular flexibility index (Phi) is 6.84. The molecule has 0 aromatic heterocycles. The summed E-state index contributed by atoms with van der Waals surface area (Å²) in [5, 5.41) is 5.58. The molecule has 1 aromatic carbocycles. The van der Waals surface area contributed by atoms with Crippen LogP contribution in [-0.4, -0.2) is 29.4 Å². The number of hydrogen-bond acceptors (Lipinski definition) is 3. The van der Waals surface area contributed by atoms with Gasteiger partial charge in [0, 0.05) is 5.54 Å². The summed E-state index contributed by atoms with van der Waals surface area (Å²) in [5.41, 5.74) is 0.734. The zero-order chi connectivity index (χ0) is 16.8. The molecule has 1 rings (SSSR count). The third-order valence-electron chi connectivity index (χ3n) is 3.26. The highest BCUT2D eigenvalue weighted by Gasteiger charge is 2.25. The maximum absolute atomic E-state index is 12.2. The predicted molar refractivity (Wildman–Crippen MR) is 88.4 cm³/mol. The molecule has 0 spiro atoms. The van der Waals surface area contributed by atoms with Gasteiger partial charge in [0.2, 0.25) is 11.8 Å². The molecule has 0 radical (unpaired) electrons. The van der Waals surface area contributed by atoms with E-state index in [1.54, 1.807) is 13.8 Å². The number of amides is 2. The van der Waals surface area contributed by atoms with Gasteiger partial charge in [-0.25, -0.2) is 4.84 Å². The molecule has 1 aromatic rings. The summed E-state index contributed by atoms with van der Waals surface area (Å²) in [6.45, 7) is 7.17. The first-order chi connectivity index (χ1) is 10.2. The van der Waals surface area contributed by atoms with Gasteiger partial charge in [0.25, 0.3) is 0 Å². The summed E-state index contributed by atoms with van der Waals surface area (Å²) in [5.74, 6) is -0.547. The maximum Gasteiger partial charge on any atom is 0.242 e. The molecule has 22 heavy (non-hydrogen) atoms. The monoisotopic (exact) mass is 325 g/mol. The quantitative estimate of drug-likeness (QED) is 0.669. The molecule has 2 atom stereocenters. The Hall–Kier alpha value is -1.59. The molecule has 3 N–H and O–H groups in total. The van der Waals surface area contributed by atoms with E-state index < -0.39 is 17.6 Å². The summed E-state index contributed by atoms with van der Waals surface area (Å²) < 4.78 is 0. The molecule has 6 heteroatoms. The second-order valence-electron chi connectivity index (χ2n) is 6.10. The highest BCUT2D eigenvalue weighted by molar-refractivity contribution is 6.15. The van der Waals surface area contributed by atoms with Crippen LogP contribution in [0.2, 0.25) is 0 Å². The lowest BCUT2D eigenvalue weighted by Crippen LogP contribution is -2.54. The molecule has 5 nitrogen and oxygen atoms in total. The fourth-order valence-electron chi connectivity index (χ4n) is 2.05. The highest BCUT2D eigenvalue weighted by Crippen LogP contribution is 2.12. The molecule has 0 saturated carbocycles. The number of carbonyl (C=O) groups is 2. The summed E-state index contributed by atoms with van der Waals surface area (Å²) in [7, 11) is 0. The van der Waals surface area contributed by atoms with Crippen LogP contribution >= 0.6 is 11.8 Å². The summed E-state index contributed by atoms with van der Waals surface area (Å²) in [6, 6.07) is 8.75. The maximum atomic E-state index is 12.2. The number of rotatable bonds is 7. The van der Waals surface area contributed by atoms with Gasteiger partial charge in [0.15, 0.2) is 0 Å². The van der Waals surface area contributed by atoms with E-state index in [0.29, 0.717) is 6.42 Å². The normalized spacial score (nSPS) is 14.0. The van der Waals surface area contributed by atoms with Gasteiger partial charge < -0.3 is 10.6 Å². The average molecular weight is 326 g/mol. The van der Waals surface area contributed by atoms with Crippen molar-refractivity contribution in [2.24, 2.45) is 0 Å². The molecule has 0 heterocycles. The Labute approximate surface area is 136 Å². The zero-order valence-corrected chi connectivity index (χ0v) is 14.2. The largest absolute Gasteiger partial charge is 0.349 e. The van der Waals surface area contributed by atoms with Gasteiger partial charge >= 0.3 is 0 Å². The summed E-state index contributed by atoms with van der Waals surface area (Å²) in [4.78, 5) is 26.2. The number of benzene rings is 1. The lowest BCUT2D eigenvalue weighted by atomic mass is 9.94. The third kappa shape index (κ3) is 6.03. The minimum Gasteiger partial charge on any atom is -0.349 e.